The number of nitrogens with one attached hydrogen (secondary N) is 2. The maximum absolute atomic E-state index is 12.3. The van der Waals surface area contributed by atoms with Gasteiger partial charge in [0.25, 0.3) is 5.91 Å². The maximum Gasteiger partial charge on any atom is 0.328 e. The molecule has 1 atom stereocenters. The molecule has 2 aliphatic heterocycles. The lowest BCUT2D eigenvalue weighted by atomic mass is 9.97. The van der Waals surface area contributed by atoms with Crippen LogP contribution in [-0.2, 0) is 9.53 Å². The number of rotatable bonds is 2. The number of benzene rings is 1. The number of amides is 3. The van der Waals surface area contributed by atoms with Crippen LogP contribution in [0, 0.1) is 0 Å². The fraction of sp³-hybridized carbons (Fsp3) is 0.471. The van der Waals surface area contributed by atoms with Gasteiger partial charge in [0.1, 0.15) is 11.8 Å². The molecular weight excluding hydrogens is 326 g/mol. The number of hydrogen-bond donors (Lipinski definition) is 2. The van der Waals surface area contributed by atoms with Gasteiger partial charge in [0.2, 0.25) is 0 Å². The SMILES string of the molecule is COC(=O)[C@H](C)NC(=O)N1CCC2(CC1)NC(=O)c1ccccc1O2. The van der Waals surface area contributed by atoms with Crippen molar-refractivity contribution in [3.05, 3.63) is 29.8 Å². The van der Waals surface area contributed by atoms with Crippen molar-refractivity contribution < 1.29 is 23.9 Å². The molecule has 3 rings (SSSR count). The Balaban J connectivity index is 1.62. The number of ether oxygens (including phenoxy) is 2. The number of carbonyl (C=O) groups excluding carboxylic acids is 3. The second-order valence-corrected chi connectivity index (χ2v) is 6.23. The molecule has 1 saturated heterocycles. The van der Waals surface area contributed by atoms with Crippen LogP contribution >= 0.6 is 0 Å². The molecule has 1 spiro atoms. The molecule has 134 valence electrons. The van der Waals surface area contributed by atoms with Gasteiger partial charge in [-0.25, -0.2) is 9.59 Å². The molecule has 2 N–H and O–H groups in total. The second-order valence-electron chi connectivity index (χ2n) is 6.23. The van der Waals surface area contributed by atoms with Crippen molar-refractivity contribution in [3.8, 4) is 5.75 Å². The summed E-state index contributed by atoms with van der Waals surface area (Å²) in [7, 11) is 1.27. The lowest BCUT2D eigenvalue weighted by Gasteiger charge is -2.44. The Morgan fingerprint density at radius 3 is 2.68 bits per heavy atom. The molecule has 8 nitrogen and oxygen atoms in total. The Morgan fingerprint density at radius 1 is 1.32 bits per heavy atom. The number of hydrogen-bond acceptors (Lipinski definition) is 5. The zero-order valence-corrected chi connectivity index (χ0v) is 14.2. The lowest BCUT2D eigenvalue weighted by Crippen LogP contribution is -2.62. The number of piperidine rings is 1. The van der Waals surface area contributed by atoms with Gasteiger partial charge in [0.15, 0.2) is 5.72 Å². The molecule has 8 heteroatoms. The predicted molar refractivity (Wildman–Crippen MR) is 88.1 cm³/mol. The first-order valence-corrected chi connectivity index (χ1v) is 8.18. The number of esters is 1. The van der Waals surface area contributed by atoms with Crippen LogP contribution in [0.4, 0.5) is 4.79 Å². The average molecular weight is 347 g/mol. The van der Waals surface area contributed by atoms with Crippen molar-refractivity contribution in [2.75, 3.05) is 20.2 Å². The molecule has 3 amide bonds. The second kappa shape index (κ2) is 6.62. The minimum absolute atomic E-state index is 0.168. The molecule has 0 radical (unpaired) electrons. The number of likely N-dealkylation sites (tertiary alicyclic amines) is 1. The van der Waals surface area contributed by atoms with Gasteiger partial charge in [-0.1, -0.05) is 12.1 Å². The molecule has 0 aliphatic carbocycles. The number of urea groups is 1. The van der Waals surface area contributed by atoms with E-state index in [2.05, 4.69) is 15.4 Å². The number of para-hydroxylation sites is 1. The highest BCUT2D eigenvalue weighted by Gasteiger charge is 2.43. The first kappa shape index (κ1) is 17.1. The van der Waals surface area contributed by atoms with Crippen LogP contribution in [-0.4, -0.2) is 54.8 Å². The van der Waals surface area contributed by atoms with Crippen molar-refractivity contribution >= 4 is 17.9 Å². The fourth-order valence-corrected chi connectivity index (χ4v) is 3.06. The molecule has 2 aliphatic rings. The first-order valence-electron chi connectivity index (χ1n) is 8.18. The fourth-order valence-electron chi connectivity index (χ4n) is 3.06. The molecule has 0 aromatic heterocycles. The van der Waals surface area contributed by atoms with Crippen molar-refractivity contribution in [2.45, 2.75) is 31.5 Å². The van der Waals surface area contributed by atoms with Crippen molar-refractivity contribution in [1.82, 2.24) is 15.5 Å². The Labute approximate surface area is 145 Å². The highest BCUT2D eigenvalue weighted by atomic mass is 16.5. The number of fused-ring (bicyclic) bond motifs is 1. The highest BCUT2D eigenvalue weighted by Crippen LogP contribution is 2.33. The third-order valence-corrected chi connectivity index (χ3v) is 4.53. The van der Waals surface area contributed by atoms with Crippen LogP contribution in [0.2, 0.25) is 0 Å². The molecule has 0 unspecified atom stereocenters. The van der Waals surface area contributed by atoms with Gasteiger partial charge < -0.3 is 25.0 Å². The molecule has 2 heterocycles. The maximum atomic E-state index is 12.3. The zero-order chi connectivity index (χ0) is 18.0. The van der Waals surface area contributed by atoms with E-state index < -0.39 is 17.7 Å². The highest BCUT2D eigenvalue weighted by molar-refractivity contribution is 5.98. The van der Waals surface area contributed by atoms with Crippen LogP contribution in [0.3, 0.4) is 0 Å². The average Bonchev–Trinajstić information content (AvgIpc) is 2.61. The van der Waals surface area contributed by atoms with Crippen LogP contribution in [0.25, 0.3) is 0 Å². The zero-order valence-electron chi connectivity index (χ0n) is 14.2. The van der Waals surface area contributed by atoms with Crippen LogP contribution in [0.1, 0.15) is 30.1 Å². The van der Waals surface area contributed by atoms with E-state index in [1.165, 1.54) is 7.11 Å². The summed E-state index contributed by atoms with van der Waals surface area (Å²) in [6, 6.07) is 6.04. The van der Waals surface area contributed by atoms with Gasteiger partial charge in [0.05, 0.1) is 12.7 Å². The van der Waals surface area contributed by atoms with Gasteiger partial charge in [0, 0.05) is 25.9 Å². The van der Waals surface area contributed by atoms with E-state index in [4.69, 9.17) is 4.74 Å². The minimum Gasteiger partial charge on any atom is -0.467 e. The molecule has 1 aromatic rings. The third-order valence-electron chi connectivity index (χ3n) is 4.53. The summed E-state index contributed by atoms with van der Waals surface area (Å²) in [5, 5.41) is 5.52. The molecule has 1 fully saturated rings. The Hall–Kier alpha value is -2.77. The Kier molecular flexibility index (Phi) is 4.52. The monoisotopic (exact) mass is 347 g/mol. The number of methoxy groups -OCH3 is 1. The first-order chi connectivity index (χ1) is 11.9. The normalized spacial score (nSPS) is 19.3. The topological polar surface area (TPSA) is 97.0 Å². The van der Waals surface area contributed by atoms with E-state index in [0.717, 1.165) is 0 Å². The minimum atomic E-state index is -0.795. The van der Waals surface area contributed by atoms with E-state index >= 15 is 0 Å². The van der Waals surface area contributed by atoms with E-state index in [1.807, 2.05) is 6.07 Å². The molecule has 0 bridgehead atoms. The molecule has 1 aromatic carbocycles. The summed E-state index contributed by atoms with van der Waals surface area (Å²) in [4.78, 5) is 37.5. The quantitative estimate of drug-likeness (QED) is 0.774. The van der Waals surface area contributed by atoms with Crippen molar-refractivity contribution in [3.63, 3.8) is 0 Å². The van der Waals surface area contributed by atoms with E-state index in [0.29, 0.717) is 37.2 Å². The van der Waals surface area contributed by atoms with Crippen LogP contribution in [0.15, 0.2) is 24.3 Å². The van der Waals surface area contributed by atoms with Gasteiger partial charge in [-0.3, -0.25) is 4.79 Å². The van der Waals surface area contributed by atoms with Crippen molar-refractivity contribution in [1.29, 1.82) is 0 Å². The Bertz CT molecular complexity index is 697. The molecule has 0 saturated carbocycles. The van der Waals surface area contributed by atoms with E-state index in [-0.39, 0.29) is 11.9 Å². The number of nitrogens with zero attached hydrogens (tertiary/aromatic N) is 1. The smallest absolute Gasteiger partial charge is 0.328 e. The van der Waals surface area contributed by atoms with Crippen LogP contribution < -0.4 is 15.4 Å². The summed E-state index contributed by atoms with van der Waals surface area (Å²) in [6.45, 7) is 2.38. The van der Waals surface area contributed by atoms with Gasteiger partial charge in [-0.15, -0.1) is 0 Å². The molecular formula is C17H21N3O5. The summed E-state index contributed by atoms with van der Waals surface area (Å²) in [6.07, 6.45) is 0.931. The lowest BCUT2D eigenvalue weighted by molar-refractivity contribution is -0.142. The predicted octanol–water partition coefficient (Wildman–Crippen LogP) is 0.872. The molecule has 25 heavy (non-hydrogen) atoms. The van der Waals surface area contributed by atoms with E-state index in [1.54, 1.807) is 30.0 Å². The third kappa shape index (κ3) is 3.38. The van der Waals surface area contributed by atoms with Gasteiger partial charge in [-0.05, 0) is 19.1 Å². The van der Waals surface area contributed by atoms with Crippen molar-refractivity contribution in [2.24, 2.45) is 0 Å². The largest absolute Gasteiger partial charge is 0.467 e. The van der Waals surface area contributed by atoms with Crippen LogP contribution in [0.5, 0.6) is 5.75 Å². The van der Waals surface area contributed by atoms with Gasteiger partial charge >= 0.3 is 12.0 Å². The Morgan fingerprint density at radius 2 is 2.00 bits per heavy atom. The summed E-state index contributed by atoms with van der Waals surface area (Å²) in [5.74, 6) is -0.108. The summed E-state index contributed by atoms with van der Waals surface area (Å²) >= 11 is 0. The van der Waals surface area contributed by atoms with E-state index in [9.17, 15) is 14.4 Å². The van der Waals surface area contributed by atoms with Gasteiger partial charge in [-0.2, -0.15) is 0 Å². The summed E-state index contributed by atoms with van der Waals surface area (Å²) < 4.78 is 10.6. The number of carbonyl (C=O) groups is 3. The summed E-state index contributed by atoms with van der Waals surface area (Å²) in [5.41, 5.74) is -0.281. The standard InChI is InChI=1S/C17H21N3O5/c1-11(15(22)24-2)18-16(23)20-9-7-17(8-10-20)19-14(21)12-5-3-4-6-13(12)25-17/h3-6,11H,7-10H2,1-2H3,(H,18,23)(H,19,21)/t11-/m0/s1.